The molecule has 3 heterocycles. The molecule has 2 aliphatic rings. The van der Waals surface area contributed by atoms with E-state index < -0.39 is 0 Å². The van der Waals surface area contributed by atoms with Crippen molar-refractivity contribution in [2.24, 2.45) is 7.05 Å². The summed E-state index contributed by atoms with van der Waals surface area (Å²) in [6.07, 6.45) is 4.92. The Bertz CT molecular complexity index is 760. The second-order valence-corrected chi connectivity index (χ2v) is 8.11. The Morgan fingerprint density at radius 3 is 2.43 bits per heavy atom. The molecule has 152 valence electrons. The van der Waals surface area contributed by atoms with Crippen molar-refractivity contribution in [3.63, 3.8) is 0 Å². The summed E-state index contributed by atoms with van der Waals surface area (Å²) in [5.74, 6) is 3.82. The molecule has 1 aromatic heterocycles. The fraction of sp³-hybridized carbons (Fsp3) is 0.636. The first-order valence-corrected chi connectivity index (χ1v) is 10.8. The molecule has 6 heteroatoms. The van der Waals surface area contributed by atoms with Gasteiger partial charge in [0.2, 0.25) is 0 Å². The van der Waals surface area contributed by atoms with Crippen molar-refractivity contribution in [3.05, 3.63) is 41.5 Å². The molecule has 0 N–H and O–H groups in total. The Morgan fingerprint density at radius 2 is 1.68 bits per heavy atom. The van der Waals surface area contributed by atoms with Crippen LogP contribution in [0.25, 0.3) is 0 Å². The number of nitrogens with zero attached hydrogens (tertiary/aromatic N) is 5. The smallest absolute Gasteiger partial charge is 0.146 e. The topological polar surface area (TPSA) is 46.4 Å². The summed E-state index contributed by atoms with van der Waals surface area (Å²) in [6, 6.07) is 8.41. The first-order chi connectivity index (χ1) is 13.7. The summed E-state index contributed by atoms with van der Waals surface area (Å²) in [4.78, 5) is 5.03. The Balaban J connectivity index is 1.34. The second-order valence-electron chi connectivity index (χ2n) is 8.11. The number of ether oxygens (including phenoxy) is 1. The van der Waals surface area contributed by atoms with E-state index in [0.717, 1.165) is 50.6 Å². The average molecular weight is 384 g/mol. The minimum Gasteiger partial charge on any atom is -0.494 e. The number of hydrogen-bond donors (Lipinski definition) is 0. The molecule has 2 aliphatic heterocycles. The molecule has 0 saturated carbocycles. The third-order valence-corrected chi connectivity index (χ3v) is 6.18. The summed E-state index contributed by atoms with van der Waals surface area (Å²) >= 11 is 0. The van der Waals surface area contributed by atoms with E-state index >= 15 is 0 Å². The summed E-state index contributed by atoms with van der Waals surface area (Å²) in [5, 5.41) is 9.09. The SMILES string of the molecule is CCOc1ccccc1CN1CCC(c2nnc(CN3CCCC3)n2C)CC1. The van der Waals surface area contributed by atoms with Gasteiger partial charge < -0.3 is 9.30 Å². The number of benzene rings is 1. The lowest BCUT2D eigenvalue weighted by molar-refractivity contribution is 0.197. The molecule has 2 aromatic rings. The molecule has 6 nitrogen and oxygen atoms in total. The van der Waals surface area contributed by atoms with Crippen LogP contribution in [0, 0.1) is 0 Å². The molecule has 0 spiro atoms. The minimum absolute atomic E-state index is 0.517. The number of aromatic nitrogens is 3. The zero-order valence-corrected chi connectivity index (χ0v) is 17.3. The van der Waals surface area contributed by atoms with Crippen molar-refractivity contribution < 1.29 is 4.74 Å². The lowest BCUT2D eigenvalue weighted by atomic mass is 9.95. The summed E-state index contributed by atoms with van der Waals surface area (Å²) in [5.41, 5.74) is 1.29. The summed E-state index contributed by atoms with van der Waals surface area (Å²) < 4.78 is 8.04. The van der Waals surface area contributed by atoms with Gasteiger partial charge in [-0.2, -0.15) is 0 Å². The largest absolute Gasteiger partial charge is 0.494 e. The normalized spacial score (nSPS) is 19.4. The van der Waals surface area contributed by atoms with E-state index in [1.807, 2.05) is 6.92 Å². The van der Waals surface area contributed by atoms with E-state index in [1.54, 1.807) is 0 Å². The highest BCUT2D eigenvalue weighted by Gasteiger charge is 2.26. The molecule has 2 saturated heterocycles. The van der Waals surface area contributed by atoms with Crippen molar-refractivity contribution >= 4 is 0 Å². The standard InChI is InChI=1S/C22H33N5O/c1-3-28-20-9-5-4-8-19(20)16-27-14-10-18(11-15-27)22-24-23-21(25(22)2)17-26-12-6-7-13-26/h4-5,8-9,18H,3,6-7,10-17H2,1-2H3. The maximum Gasteiger partial charge on any atom is 0.146 e. The molecule has 1 aromatic carbocycles. The highest BCUT2D eigenvalue weighted by molar-refractivity contribution is 5.33. The molecule has 0 atom stereocenters. The van der Waals surface area contributed by atoms with Crippen LogP contribution in [0.1, 0.15) is 55.7 Å². The van der Waals surface area contributed by atoms with Gasteiger partial charge in [-0.1, -0.05) is 18.2 Å². The Kier molecular flexibility index (Phi) is 6.27. The third kappa shape index (κ3) is 4.39. The zero-order chi connectivity index (χ0) is 19.3. The molecular weight excluding hydrogens is 350 g/mol. The van der Waals surface area contributed by atoms with Crippen LogP contribution in [0.4, 0.5) is 0 Å². The Labute approximate surface area is 168 Å². The van der Waals surface area contributed by atoms with Gasteiger partial charge in [0.25, 0.3) is 0 Å². The first kappa shape index (κ1) is 19.4. The van der Waals surface area contributed by atoms with Gasteiger partial charge in [0, 0.05) is 25.1 Å². The van der Waals surface area contributed by atoms with Gasteiger partial charge in [0.1, 0.15) is 17.4 Å². The maximum atomic E-state index is 5.79. The Hall–Kier alpha value is -1.92. The minimum atomic E-state index is 0.517. The van der Waals surface area contributed by atoms with E-state index in [4.69, 9.17) is 4.74 Å². The van der Waals surface area contributed by atoms with Crippen LogP contribution in [0.3, 0.4) is 0 Å². The second kappa shape index (κ2) is 9.05. The van der Waals surface area contributed by atoms with Crippen LogP contribution in [0.5, 0.6) is 5.75 Å². The predicted molar refractivity (Wildman–Crippen MR) is 110 cm³/mol. The molecule has 2 fully saturated rings. The van der Waals surface area contributed by atoms with Crippen LogP contribution in [0.2, 0.25) is 0 Å². The highest BCUT2D eigenvalue weighted by atomic mass is 16.5. The lowest BCUT2D eigenvalue weighted by Crippen LogP contribution is -2.33. The highest BCUT2D eigenvalue weighted by Crippen LogP contribution is 2.29. The first-order valence-electron chi connectivity index (χ1n) is 10.8. The summed E-state index contributed by atoms with van der Waals surface area (Å²) in [7, 11) is 2.14. The van der Waals surface area contributed by atoms with Gasteiger partial charge in [-0.3, -0.25) is 9.80 Å². The summed E-state index contributed by atoms with van der Waals surface area (Å²) in [6.45, 7) is 9.25. The van der Waals surface area contributed by atoms with Crippen molar-refractivity contribution in [2.75, 3.05) is 32.8 Å². The van der Waals surface area contributed by atoms with Crippen LogP contribution in [-0.4, -0.2) is 57.4 Å². The molecular formula is C22H33N5O. The molecule has 4 rings (SSSR count). The third-order valence-electron chi connectivity index (χ3n) is 6.18. The van der Waals surface area contributed by atoms with Gasteiger partial charge >= 0.3 is 0 Å². The van der Waals surface area contributed by atoms with E-state index in [9.17, 15) is 0 Å². The average Bonchev–Trinajstić information content (AvgIpc) is 3.35. The van der Waals surface area contributed by atoms with E-state index in [0.29, 0.717) is 12.5 Å². The molecule has 28 heavy (non-hydrogen) atoms. The van der Waals surface area contributed by atoms with Gasteiger partial charge in [0.05, 0.1) is 13.2 Å². The quantitative estimate of drug-likeness (QED) is 0.735. The monoisotopic (exact) mass is 383 g/mol. The number of para-hydroxylation sites is 1. The molecule has 0 amide bonds. The number of likely N-dealkylation sites (tertiary alicyclic amines) is 2. The van der Waals surface area contributed by atoms with Crippen molar-refractivity contribution in [1.82, 2.24) is 24.6 Å². The molecule has 0 aliphatic carbocycles. The van der Waals surface area contributed by atoms with Gasteiger partial charge in [-0.05, 0) is 64.9 Å². The van der Waals surface area contributed by atoms with Crippen LogP contribution < -0.4 is 4.74 Å². The van der Waals surface area contributed by atoms with Crippen molar-refractivity contribution in [1.29, 1.82) is 0 Å². The van der Waals surface area contributed by atoms with Crippen molar-refractivity contribution in [3.8, 4) is 5.75 Å². The van der Waals surface area contributed by atoms with Crippen molar-refractivity contribution in [2.45, 2.75) is 51.6 Å². The zero-order valence-electron chi connectivity index (χ0n) is 17.3. The fourth-order valence-corrected chi connectivity index (χ4v) is 4.53. The van der Waals surface area contributed by atoms with Gasteiger partial charge in [0.15, 0.2) is 0 Å². The van der Waals surface area contributed by atoms with Crippen LogP contribution >= 0.6 is 0 Å². The van der Waals surface area contributed by atoms with Crippen LogP contribution in [0.15, 0.2) is 24.3 Å². The predicted octanol–water partition coefficient (Wildman–Crippen LogP) is 3.19. The fourth-order valence-electron chi connectivity index (χ4n) is 4.53. The van der Waals surface area contributed by atoms with E-state index in [-0.39, 0.29) is 0 Å². The number of rotatable bonds is 7. The maximum absolute atomic E-state index is 5.79. The molecule has 0 unspecified atom stereocenters. The van der Waals surface area contributed by atoms with Crippen LogP contribution in [-0.2, 0) is 20.1 Å². The molecule has 0 bridgehead atoms. The number of piperidine rings is 1. The van der Waals surface area contributed by atoms with Gasteiger partial charge in [-0.25, -0.2) is 0 Å². The molecule has 0 radical (unpaired) electrons. The number of hydrogen-bond acceptors (Lipinski definition) is 5. The lowest BCUT2D eigenvalue weighted by Gasteiger charge is -2.31. The Morgan fingerprint density at radius 1 is 0.964 bits per heavy atom. The van der Waals surface area contributed by atoms with Gasteiger partial charge in [-0.15, -0.1) is 10.2 Å². The van der Waals surface area contributed by atoms with E-state index in [2.05, 4.69) is 55.9 Å². The van der Waals surface area contributed by atoms with E-state index in [1.165, 1.54) is 37.3 Å².